The first-order valence-electron chi connectivity index (χ1n) is 6.77. The number of nitrogens with one attached hydrogen (secondary N) is 2. The minimum atomic E-state index is 0.668. The molecule has 5 nitrogen and oxygen atoms in total. The van der Waals surface area contributed by atoms with Gasteiger partial charge in [-0.2, -0.15) is 0 Å². The van der Waals surface area contributed by atoms with Crippen LogP contribution in [0.1, 0.15) is 5.56 Å². The van der Waals surface area contributed by atoms with Gasteiger partial charge in [-0.3, -0.25) is 4.98 Å². The van der Waals surface area contributed by atoms with Crippen molar-refractivity contribution in [1.29, 1.82) is 0 Å². The second-order valence-corrected chi connectivity index (χ2v) is 5.55. The predicted octanol–water partition coefficient (Wildman–Crippen LogP) is 3.99. The van der Waals surface area contributed by atoms with E-state index in [1.54, 1.807) is 6.20 Å². The van der Waals surface area contributed by atoms with E-state index in [-0.39, 0.29) is 0 Å². The highest BCUT2D eigenvalue weighted by Gasteiger charge is 2.00. The minimum absolute atomic E-state index is 0.668. The average molecular weight is 356 g/mol. The zero-order valence-electron chi connectivity index (χ0n) is 11.7. The standard InChI is InChI=1S/C16H14BrN5/c17-13-4-1-5-14(7-13)22-16-8-15(20-11-21-16)19-10-12-3-2-6-18-9-12/h1-9,11H,10H2,(H2,19,20,21,22). The van der Waals surface area contributed by atoms with Crippen LogP contribution in [0.25, 0.3) is 0 Å². The summed E-state index contributed by atoms with van der Waals surface area (Å²) in [5.74, 6) is 1.50. The molecule has 0 fully saturated rings. The average Bonchev–Trinajstić information content (AvgIpc) is 2.54. The largest absolute Gasteiger partial charge is 0.366 e. The van der Waals surface area contributed by atoms with Crippen LogP contribution in [-0.4, -0.2) is 15.0 Å². The molecule has 3 rings (SSSR count). The van der Waals surface area contributed by atoms with Gasteiger partial charge < -0.3 is 10.6 Å². The lowest BCUT2D eigenvalue weighted by molar-refractivity contribution is 1.07. The van der Waals surface area contributed by atoms with Gasteiger partial charge >= 0.3 is 0 Å². The number of nitrogens with zero attached hydrogens (tertiary/aromatic N) is 3. The van der Waals surface area contributed by atoms with Gasteiger partial charge in [-0.25, -0.2) is 9.97 Å². The topological polar surface area (TPSA) is 62.7 Å². The van der Waals surface area contributed by atoms with E-state index in [2.05, 4.69) is 41.5 Å². The fourth-order valence-electron chi connectivity index (χ4n) is 1.93. The molecular formula is C16H14BrN5. The number of hydrogen-bond acceptors (Lipinski definition) is 5. The number of pyridine rings is 1. The van der Waals surface area contributed by atoms with Gasteiger partial charge in [0.1, 0.15) is 18.0 Å². The van der Waals surface area contributed by atoms with Crippen LogP contribution in [0.15, 0.2) is 65.7 Å². The number of rotatable bonds is 5. The third kappa shape index (κ3) is 4.02. The SMILES string of the molecule is Brc1cccc(Nc2cc(NCc3cccnc3)ncn2)c1. The molecule has 22 heavy (non-hydrogen) atoms. The van der Waals surface area contributed by atoms with Gasteiger partial charge in [0.2, 0.25) is 0 Å². The molecule has 2 heterocycles. The Bertz CT molecular complexity index is 748. The van der Waals surface area contributed by atoms with E-state index in [9.17, 15) is 0 Å². The highest BCUT2D eigenvalue weighted by Crippen LogP contribution is 2.20. The van der Waals surface area contributed by atoms with Crippen LogP contribution in [0.4, 0.5) is 17.3 Å². The maximum Gasteiger partial charge on any atom is 0.135 e. The van der Waals surface area contributed by atoms with Crippen molar-refractivity contribution >= 4 is 33.3 Å². The molecule has 0 spiro atoms. The Hall–Kier alpha value is -2.47. The van der Waals surface area contributed by atoms with Gasteiger partial charge in [-0.05, 0) is 29.8 Å². The first-order chi connectivity index (χ1) is 10.8. The number of anilines is 3. The molecule has 110 valence electrons. The van der Waals surface area contributed by atoms with Crippen LogP contribution in [0.2, 0.25) is 0 Å². The molecule has 2 aromatic heterocycles. The van der Waals surface area contributed by atoms with Crippen LogP contribution >= 0.6 is 15.9 Å². The number of aromatic nitrogens is 3. The summed E-state index contributed by atoms with van der Waals surface area (Å²) in [6.45, 7) is 0.668. The Morgan fingerprint density at radius 3 is 2.73 bits per heavy atom. The molecular weight excluding hydrogens is 342 g/mol. The maximum absolute atomic E-state index is 4.23. The fourth-order valence-corrected chi connectivity index (χ4v) is 2.33. The quantitative estimate of drug-likeness (QED) is 0.724. The second kappa shape index (κ2) is 7.00. The normalized spacial score (nSPS) is 10.2. The number of benzene rings is 1. The summed E-state index contributed by atoms with van der Waals surface area (Å²) in [7, 11) is 0. The summed E-state index contributed by atoms with van der Waals surface area (Å²) in [5.41, 5.74) is 2.06. The van der Waals surface area contributed by atoms with Crippen molar-refractivity contribution in [3.8, 4) is 0 Å². The molecule has 0 amide bonds. The third-order valence-corrected chi connectivity index (χ3v) is 3.45. The maximum atomic E-state index is 4.23. The van der Waals surface area contributed by atoms with Crippen LogP contribution in [0.3, 0.4) is 0 Å². The van der Waals surface area contributed by atoms with Gasteiger partial charge in [0.25, 0.3) is 0 Å². The lowest BCUT2D eigenvalue weighted by Gasteiger charge is -2.09. The first kappa shape index (κ1) is 14.5. The van der Waals surface area contributed by atoms with E-state index in [0.29, 0.717) is 6.54 Å². The van der Waals surface area contributed by atoms with E-state index in [4.69, 9.17) is 0 Å². The Kier molecular flexibility index (Phi) is 4.60. The van der Waals surface area contributed by atoms with Crippen molar-refractivity contribution in [3.63, 3.8) is 0 Å². The van der Waals surface area contributed by atoms with Crippen LogP contribution < -0.4 is 10.6 Å². The van der Waals surface area contributed by atoms with Crippen molar-refractivity contribution < 1.29 is 0 Å². The first-order valence-corrected chi connectivity index (χ1v) is 7.56. The van der Waals surface area contributed by atoms with E-state index in [1.165, 1.54) is 6.33 Å². The number of halogens is 1. The van der Waals surface area contributed by atoms with E-state index < -0.39 is 0 Å². The smallest absolute Gasteiger partial charge is 0.135 e. The summed E-state index contributed by atoms with van der Waals surface area (Å²) in [4.78, 5) is 12.5. The van der Waals surface area contributed by atoms with Crippen molar-refractivity contribution in [3.05, 3.63) is 71.2 Å². The lowest BCUT2D eigenvalue weighted by Crippen LogP contribution is -2.03. The molecule has 3 aromatic rings. The molecule has 0 aliphatic rings. The van der Waals surface area contributed by atoms with E-state index in [0.717, 1.165) is 27.4 Å². The monoisotopic (exact) mass is 355 g/mol. The van der Waals surface area contributed by atoms with Gasteiger partial charge in [-0.15, -0.1) is 0 Å². The Labute approximate surface area is 137 Å². The van der Waals surface area contributed by atoms with Crippen LogP contribution in [0, 0.1) is 0 Å². The summed E-state index contributed by atoms with van der Waals surface area (Å²) in [6, 6.07) is 13.7. The molecule has 0 saturated heterocycles. The van der Waals surface area contributed by atoms with Crippen molar-refractivity contribution in [2.24, 2.45) is 0 Å². The molecule has 0 atom stereocenters. The van der Waals surface area contributed by atoms with Gasteiger partial charge in [0.15, 0.2) is 0 Å². The lowest BCUT2D eigenvalue weighted by atomic mass is 10.3. The molecule has 0 saturated carbocycles. The van der Waals surface area contributed by atoms with Crippen molar-refractivity contribution in [1.82, 2.24) is 15.0 Å². The second-order valence-electron chi connectivity index (χ2n) is 4.64. The molecule has 1 aromatic carbocycles. The molecule has 0 unspecified atom stereocenters. The summed E-state index contributed by atoms with van der Waals surface area (Å²) < 4.78 is 1.02. The van der Waals surface area contributed by atoms with Crippen LogP contribution in [0.5, 0.6) is 0 Å². The van der Waals surface area contributed by atoms with E-state index >= 15 is 0 Å². The predicted molar refractivity (Wildman–Crippen MR) is 91.0 cm³/mol. The highest BCUT2D eigenvalue weighted by molar-refractivity contribution is 9.10. The van der Waals surface area contributed by atoms with Crippen molar-refractivity contribution in [2.45, 2.75) is 6.54 Å². The number of hydrogen-bond donors (Lipinski definition) is 2. The van der Waals surface area contributed by atoms with Gasteiger partial charge in [0.05, 0.1) is 0 Å². The highest BCUT2D eigenvalue weighted by atomic mass is 79.9. The Morgan fingerprint density at radius 1 is 1.00 bits per heavy atom. The summed E-state index contributed by atoms with van der Waals surface area (Å²) in [6.07, 6.45) is 5.12. The zero-order valence-corrected chi connectivity index (χ0v) is 13.3. The molecule has 0 aliphatic heterocycles. The van der Waals surface area contributed by atoms with Gasteiger partial charge in [-0.1, -0.05) is 28.1 Å². The fraction of sp³-hybridized carbons (Fsp3) is 0.0625. The van der Waals surface area contributed by atoms with Gasteiger partial charge in [0, 0.05) is 35.2 Å². The molecule has 0 aliphatic carbocycles. The summed E-state index contributed by atoms with van der Waals surface area (Å²) in [5, 5.41) is 6.51. The zero-order chi connectivity index (χ0) is 15.2. The Balaban J connectivity index is 1.67. The molecule has 6 heteroatoms. The van der Waals surface area contributed by atoms with E-state index in [1.807, 2.05) is 48.7 Å². The van der Waals surface area contributed by atoms with Crippen LogP contribution in [-0.2, 0) is 6.54 Å². The third-order valence-electron chi connectivity index (χ3n) is 2.96. The molecule has 2 N–H and O–H groups in total. The van der Waals surface area contributed by atoms with Crippen molar-refractivity contribution in [2.75, 3.05) is 10.6 Å². The molecule has 0 radical (unpaired) electrons. The Morgan fingerprint density at radius 2 is 1.91 bits per heavy atom. The minimum Gasteiger partial charge on any atom is -0.366 e. The molecule has 0 bridgehead atoms. The summed E-state index contributed by atoms with van der Waals surface area (Å²) >= 11 is 3.45.